The van der Waals surface area contributed by atoms with Gasteiger partial charge in [-0.2, -0.15) is 0 Å². The maximum Gasteiger partial charge on any atom is 0.254 e. The van der Waals surface area contributed by atoms with Gasteiger partial charge in [-0.1, -0.05) is 31.2 Å². The standard InChI is InChI=1S/C15H24N2O2/c1-5-15(2,19-4)14(18)17(3)11-13-8-6-7-12(9-13)10-16/h6-9H,5,10-11,16H2,1-4H3. The van der Waals surface area contributed by atoms with Crippen LogP contribution >= 0.6 is 0 Å². The molecule has 0 aliphatic rings. The van der Waals surface area contributed by atoms with Crippen LogP contribution in [0.2, 0.25) is 0 Å². The summed E-state index contributed by atoms with van der Waals surface area (Å²) in [6, 6.07) is 7.97. The largest absolute Gasteiger partial charge is 0.369 e. The number of nitrogens with two attached hydrogens (primary N) is 1. The Balaban J connectivity index is 2.78. The van der Waals surface area contributed by atoms with Crippen LogP contribution in [0.15, 0.2) is 24.3 Å². The molecular formula is C15H24N2O2. The number of hydrogen-bond donors (Lipinski definition) is 1. The van der Waals surface area contributed by atoms with E-state index >= 15 is 0 Å². The molecular weight excluding hydrogens is 240 g/mol. The van der Waals surface area contributed by atoms with E-state index in [-0.39, 0.29) is 5.91 Å². The molecule has 1 unspecified atom stereocenters. The number of carbonyl (C=O) groups excluding carboxylic acids is 1. The van der Waals surface area contributed by atoms with Crippen molar-refractivity contribution in [1.29, 1.82) is 0 Å². The van der Waals surface area contributed by atoms with Gasteiger partial charge in [-0.05, 0) is 24.5 Å². The molecule has 0 aliphatic carbocycles. The Morgan fingerprint density at radius 2 is 2.05 bits per heavy atom. The van der Waals surface area contributed by atoms with Crippen LogP contribution in [0.5, 0.6) is 0 Å². The van der Waals surface area contributed by atoms with Crippen LogP contribution in [0.1, 0.15) is 31.4 Å². The van der Waals surface area contributed by atoms with E-state index in [1.54, 1.807) is 19.1 Å². The molecule has 106 valence electrons. The van der Waals surface area contributed by atoms with Gasteiger partial charge in [0.15, 0.2) is 0 Å². The molecule has 0 saturated heterocycles. The smallest absolute Gasteiger partial charge is 0.254 e. The van der Waals surface area contributed by atoms with Gasteiger partial charge in [-0.3, -0.25) is 4.79 Å². The summed E-state index contributed by atoms with van der Waals surface area (Å²) in [7, 11) is 3.37. The van der Waals surface area contributed by atoms with Crippen molar-refractivity contribution < 1.29 is 9.53 Å². The molecule has 19 heavy (non-hydrogen) atoms. The number of nitrogens with zero attached hydrogens (tertiary/aromatic N) is 1. The number of benzene rings is 1. The van der Waals surface area contributed by atoms with Crippen molar-refractivity contribution in [1.82, 2.24) is 4.90 Å². The van der Waals surface area contributed by atoms with Gasteiger partial charge in [0.25, 0.3) is 5.91 Å². The quantitative estimate of drug-likeness (QED) is 0.854. The molecule has 1 aromatic rings. The molecule has 1 rings (SSSR count). The predicted molar refractivity (Wildman–Crippen MR) is 76.5 cm³/mol. The number of likely N-dealkylation sites (N-methyl/N-ethyl adjacent to an activating group) is 1. The normalized spacial score (nSPS) is 13.9. The Morgan fingerprint density at radius 3 is 2.58 bits per heavy atom. The van der Waals surface area contributed by atoms with Crippen molar-refractivity contribution in [3.05, 3.63) is 35.4 Å². The second-order valence-corrected chi connectivity index (χ2v) is 4.97. The van der Waals surface area contributed by atoms with Gasteiger partial charge in [0.05, 0.1) is 0 Å². The lowest BCUT2D eigenvalue weighted by molar-refractivity contribution is -0.152. The third kappa shape index (κ3) is 3.78. The minimum atomic E-state index is -0.750. The molecule has 0 heterocycles. The summed E-state index contributed by atoms with van der Waals surface area (Å²) < 4.78 is 5.34. The van der Waals surface area contributed by atoms with Crippen molar-refractivity contribution in [3.8, 4) is 0 Å². The first-order valence-electron chi connectivity index (χ1n) is 6.55. The molecule has 2 N–H and O–H groups in total. The molecule has 4 heteroatoms. The maximum absolute atomic E-state index is 12.4. The topological polar surface area (TPSA) is 55.6 Å². The van der Waals surface area contributed by atoms with Crippen molar-refractivity contribution >= 4 is 5.91 Å². The van der Waals surface area contributed by atoms with Gasteiger partial charge >= 0.3 is 0 Å². The second kappa shape index (κ2) is 6.68. The lowest BCUT2D eigenvalue weighted by Crippen LogP contribution is -2.46. The van der Waals surface area contributed by atoms with E-state index < -0.39 is 5.60 Å². The fourth-order valence-electron chi connectivity index (χ4n) is 1.99. The molecule has 0 aromatic heterocycles. The molecule has 4 nitrogen and oxygen atoms in total. The zero-order chi connectivity index (χ0) is 14.5. The molecule has 0 saturated carbocycles. The first-order chi connectivity index (χ1) is 8.96. The van der Waals surface area contributed by atoms with Crippen molar-refractivity contribution in [2.45, 2.75) is 39.0 Å². The van der Waals surface area contributed by atoms with Crippen LogP contribution in [0.3, 0.4) is 0 Å². The molecule has 0 fully saturated rings. The predicted octanol–water partition coefficient (Wildman–Crippen LogP) is 1.92. The van der Waals surface area contributed by atoms with E-state index in [4.69, 9.17) is 10.5 Å². The van der Waals surface area contributed by atoms with Crippen LogP contribution in [0.25, 0.3) is 0 Å². The third-order valence-corrected chi connectivity index (χ3v) is 3.57. The zero-order valence-corrected chi connectivity index (χ0v) is 12.3. The minimum absolute atomic E-state index is 0.00403. The molecule has 0 spiro atoms. The molecule has 1 aromatic carbocycles. The Labute approximate surface area is 115 Å². The van der Waals surface area contributed by atoms with Gasteiger partial charge < -0.3 is 15.4 Å². The molecule has 1 amide bonds. The summed E-state index contributed by atoms with van der Waals surface area (Å²) in [5, 5.41) is 0. The summed E-state index contributed by atoms with van der Waals surface area (Å²) in [4.78, 5) is 14.1. The molecule has 0 radical (unpaired) electrons. The van der Waals surface area contributed by atoms with E-state index in [1.807, 2.05) is 38.1 Å². The molecule has 0 aliphatic heterocycles. The Hall–Kier alpha value is -1.39. The van der Waals surface area contributed by atoms with Crippen LogP contribution in [0, 0.1) is 0 Å². The average Bonchev–Trinajstić information content (AvgIpc) is 2.45. The monoisotopic (exact) mass is 264 g/mol. The van der Waals surface area contributed by atoms with Crippen LogP contribution in [0.4, 0.5) is 0 Å². The number of methoxy groups -OCH3 is 1. The van der Waals surface area contributed by atoms with Crippen molar-refractivity contribution in [2.24, 2.45) is 5.73 Å². The van der Waals surface area contributed by atoms with E-state index in [9.17, 15) is 4.79 Å². The highest BCUT2D eigenvalue weighted by molar-refractivity contribution is 5.84. The summed E-state index contributed by atoms with van der Waals surface area (Å²) in [5.41, 5.74) is 7.02. The maximum atomic E-state index is 12.4. The first kappa shape index (κ1) is 15.7. The zero-order valence-electron chi connectivity index (χ0n) is 12.3. The first-order valence-corrected chi connectivity index (χ1v) is 6.55. The van der Waals surface area contributed by atoms with Crippen LogP contribution in [-0.2, 0) is 22.6 Å². The fraction of sp³-hybridized carbons (Fsp3) is 0.533. The highest BCUT2D eigenvalue weighted by Gasteiger charge is 2.33. The SMILES string of the molecule is CCC(C)(OC)C(=O)N(C)Cc1cccc(CN)c1. The van der Waals surface area contributed by atoms with Gasteiger partial charge in [-0.15, -0.1) is 0 Å². The van der Waals surface area contributed by atoms with Crippen LogP contribution < -0.4 is 5.73 Å². The Kier molecular flexibility index (Phi) is 5.51. The summed E-state index contributed by atoms with van der Waals surface area (Å²) >= 11 is 0. The van der Waals surface area contributed by atoms with E-state index in [0.29, 0.717) is 19.5 Å². The third-order valence-electron chi connectivity index (χ3n) is 3.57. The van der Waals surface area contributed by atoms with Gasteiger partial charge in [0.1, 0.15) is 5.60 Å². The molecule has 0 bridgehead atoms. The van der Waals surface area contributed by atoms with E-state index in [2.05, 4.69) is 0 Å². The highest BCUT2D eigenvalue weighted by atomic mass is 16.5. The van der Waals surface area contributed by atoms with Crippen LogP contribution in [-0.4, -0.2) is 30.6 Å². The fourth-order valence-corrected chi connectivity index (χ4v) is 1.99. The lowest BCUT2D eigenvalue weighted by Gasteiger charge is -2.30. The number of amides is 1. The number of rotatable bonds is 6. The second-order valence-electron chi connectivity index (χ2n) is 4.97. The van der Waals surface area contributed by atoms with Gasteiger partial charge in [-0.25, -0.2) is 0 Å². The summed E-state index contributed by atoms with van der Waals surface area (Å²) in [6.45, 7) is 4.84. The number of ether oxygens (including phenoxy) is 1. The average molecular weight is 264 g/mol. The van der Waals surface area contributed by atoms with Gasteiger partial charge in [0.2, 0.25) is 0 Å². The minimum Gasteiger partial charge on any atom is -0.369 e. The lowest BCUT2D eigenvalue weighted by atomic mass is 10.0. The van der Waals surface area contributed by atoms with Gasteiger partial charge in [0, 0.05) is 27.2 Å². The van der Waals surface area contributed by atoms with Crippen molar-refractivity contribution in [2.75, 3.05) is 14.2 Å². The van der Waals surface area contributed by atoms with E-state index in [0.717, 1.165) is 11.1 Å². The highest BCUT2D eigenvalue weighted by Crippen LogP contribution is 2.18. The number of hydrogen-bond acceptors (Lipinski definition) is 3. The Bertz CT molecular complexity index is 428. The summed E-state index contributed by atoms with van der Waals surface area (Å²) in [5.74, 6) is -0.00403. The molecule has 1 atom stereocenters. The Morgan fingerprint density at radius 1 is 1.42 bits per heavy atom. The number of carbonyl (C=O) groups is 1. The van der Waals surface area contributed by atoms with E-state index in [1.165, 1.54) is 0 Å². The van der Waals surface area contributed by atoms with Crippen molar-refractivity contribution in [3.63, 3.8) is 0 Å². The summed E-state index contributed by atoms with van der Waals surface area (Å²) in [6.07, 6.45) is 0.648.